The molecule has 2 aromatic carbocycles. The third kappa shape index (κ3) is 3.35. The first-order chi connectivity index (χ1) is 12.2. The average molecular weight is 377 g/mol. The standard InChI is InChI=1S/C19H14F3NO2S/c1-11-7-12(3-4-16(11)20)14-5-6-23-10-15(14)13-8-17(21)19(18(22)9-13)26(2,24)25/h3-10H,1-2H3. The topological polar surface area (TPSA) is 47.0 Å². The highest BCUT2D eigenvalue weighted by atomic mass is 32.2. The van der Waals surface area contributed by atoms with Crippen LogP contribution in [0.2, 0.25) is 0 Å². The molecule has 0 spiro atoms. The molecule has 0 aliphatic carbocycles. The van der Waals surface area contributed by atoms with E-state index in [9.17, 15) is 21.6 Å². The molecule has 134 valence electrons. The molecule has 3 aromatic rings. The minimum Gasteiger partial charge on any atom is -0.264 e. The third-order valence-corrected chi connectivity index (χ3v) is 5.10. The van der Waals surface area contributed by atoms with Gasteiger partial charge in [0, 0.05) is 24.2 Å². The van der Waals surface area contributed by atoms with Gasteiger partial charge in [0.05, 0.1) is 0 Å². The number of pyridine rings is 1. The summed E-state index contributed by atoms with van der Waals surface area (Å²) in [5.41, 5.74) is 2.20. The third-order valence-electron chi connectivity index (χ3n) is 3.97. The van der Waals surface area contributed by atoms with Crippen LogP contribution in [0.3, 0.4) is 0 Å². The minimum atomic E-state index is -4.04. The molecular formula is C19H14F3NO2S. The van der Waals surface area contributed by atoms with Gasteiger partial charge in [-0.25, -0.2) is 21.6 Å². The number of halogens is 3. The van der Waals surface area contributed by atoms with Crippen molar-refractivity contribution < 1.29 is 21.6 Å². The Hall–Kier alpha value is -2.67. The molecule has 0 atom stereocenters. The molecule has 3 nitrogen and oxygen atoms in total. The van der Waals surface area contributed by atoms with Crippen molar-refractivity contribution in [2.75, 3.05) is 6.26 Å². The van der Waals surface area contributed by atoms with Crippen molar-refractivity contribution in [2.45, 2.75) is 11.8 Å². The van der Waals surface area contributed by atoms with Crippen LogP contribution in [0.25, 0.3) is 22.3 Å². The monoisotopic (exact) mass is 377 g/mol. The number of benzene rings is 2. The highest BCUT2D eigenvalue weighted by Gasteiger charge is 2.22. The summed E-state index contributed by atoms with van der Waals surface area (Å²) in [5.74, 6) is -2.71. The summed E-state index contributed by atoms with van der Waals surface area (Å²) in [7, 11) is -4.04. The zero-order valence-electron chi connectivity index (χ0n) is 13.9. The Balaban J connectivity index is 2.22. The molecule has 0 saturated carbocycles. The SMILES string of the molecule is Cc1cc(-c2ccncc2-c2cc(F)c(S(C)(=O)=O)c(F)c2)ccc1F. The lowest BCUT2D eigenvalue weighted by Gasteiger charge is -2.12. The second-order valence-corrected chi connectivity index (χ2v) is 7.88. The van der Waals surface area contributed by atoms with Crippen molar-refractivity contribution in [2.24, 2.45) is 0 Å². The van der Waals surface area contributed by atoms with Gasteiger partial charge in [0.15, 0.2) is 9.84 Å². The van der Waals surface area contributed by atoms with Gasteiger partial charge in [-0.3, -0.25) is 4.98 Å². The lowest BCUT2D eigenvalue weighted by molar-refractivity contribution is 0.522. The van der Waals surface area contributed by atoms with Crippen molar-refractivity contribution in [3.63, 3.8) is 0 Å². The molecule has 0 amide bonds. The lowest BCUT2D eigenvalue weighted by Crippen LogP contribution is -2.05. The van der Waals surface area contributed by atoms with Crippen LogP contribution in [-0.2, 0) is 9.84 Å². The van der Waals surface area contributed by atoms with E-state index in [1.54, 1.807) is 25.1 Å². The number of hydrogen-bond donors (Lipinski definition) is 0. The fourth-order valence-corrected chi connectivity index (χ4v) is 3.58. The van der Waals surface area contributed by atoms with E-state index in [-0.39, 0.29) is 11.4 Å². The van der Waals surface area contributed by atoms with Gasteiger partial charge in [-0.1, -0.05) is 6.07 Å². The van der Waals surface area contributed by atoms with Crippen LogP contribution in [0.15, 0.2) is 53.7 Å². The molecule has 3 rings (SSSR count). The molecule has 0 saturated heterocycles. The van der Waals surface area contributed by atoms with E-state index in [1.807, 2.05) is 0 Å². The van der Waals surface area contributed by atoms with Gasteiger partial charge < -0.3 is 0 Å². The van der Waals surface area contributed by atoms with Crippen molar-refractivity contribution in [1.29, 1.82) is 0 Å². The Kier molecular flexibility index (Phi) is 4.58. The van der Waals surface area contributed by atoms with E-state index in [2.05, 4.69) is 4.98 Å². The number of hydrogen-bond acceptors (Lipinski definition) is 3. The van der Waals surface area contributed by atoms with Crippen LogP contribution < -0.4 is 0 Å². The maximum Gasteiger partial charge on any atom is 0.181 e. The van der Waals surface area contributed by atoms with Crippen LogP contribution >= 0.6 is 0 Å². The van der Waals surface area contributed by atoms with E-state index < -0.39 is 26.4 Å². The zero-order chi connectivity index (χ0) is 19.1. The fraction of sp³-hybridized carbons (Fsp3) is 0.105. The van der Waals surface area contributed by atoms with Gasteiger partial charge in [-0.05, 0) is 59.5 Å². The molecule has 0 N–H and O–H groups in total. The maximum absolute atomic E-state index is 14.3. The van der Waals surface area contributed by atoms with Crippen molar-refractivity contribution in [3.05, 3.63) is 71.8 Å². The van der Waals surface area contributed by atoms with Gasteiger partial charge in [0.25, 0.3) is 0 Å². The molecule has 0 fully saturated rings. The first-order valence-electron chi connectivity index (χ1n) is 7.58. The second kappa shape index (κ2) is 6.57. The summed E-state index contributed by atoms with van der Waals surface area (Å²) >= 11 is 0. The van der Waals surface area contributed by atoms with Crippen molar-refractivity contribution in [3.8, 4) is 22.3 Å². The molecule has 0 unspecified atom stereocenters. The minimum absolute atomic E-state index is 0.137. The van der Waals surface area contributed by atoms with Crippen LogP contribution in [0.1, 0.15) is 5.56 Å². The fourth-order valence-electron chi connectivity index (χ4n) is 2.76. The smallest absolute Gasteiger partial charge is 0.181 e. The van der Waals surface area contributed by atoms with Crippen LogP contribution in [0.5, 0.6) is 0 Å². The predicted octanol–water partition coefficient (Wildman–Crippen LogP) is 4.54. The summed E-state index contributed by atoms with van der Waals surface area (Å²) < 4.78 is 65.1. The Morgan fingerprint density at radius 2 is 1.50 bits per heavy atom. The normalized spacial score (nSPS) is 11.6. The number of sulfone groups is 1. The molecule has 1 aromatic heterocycles. The number of aryl methyl sites for hydroxylation is 1. The molecule has 26 heavy (non-hydrogen) atoms. The molecule has 0 aliphatic heterocycles. The summed E-state index contributed by atoms with van der Waals surface area (Å²) in [4.78, 5) is 3.01. The lowest BCUT2D eigenvalue weighted by atomic mass is 9.95. The molecular weight excluding hydrogens is 363 g/mol. The maximum atomic E-state index is 14.3. The molecule has 0 aliphatic rings. The number of aromatic nitrogens is 1. The summed E-state index contributed by atoms with van der Waals surface area (Å²) in [6.45, 7) is 1.61. The van der Waals surface area contributed by atoms with E-state index in [4.69, 9.17) is 0 Å². The van der Waals surface area contributed by atoms with Gasteiger partial charge in [0.2, 0.25) is 0 Å². The first-order valence-corrected chi connectivity index (χ1v) is 9.47. The van der Waals surface area contributed by atoms with Gasteiger partial charge >= 0.3 is 0 Å². The molecule has 0 radical (unpaired) electrons. The average Bonchev–Trinajstić information content (AvgIpc) is 2.55. The Morgan fingerprint density at radius 3 is 2.08 bits per heavy atom. The summed E-state index contributed by atoms with van der Waals surface area (Å²) in [6.07, 6.45) is 3.67. The Bertz CT molecular complexity index is 1090. The van der Waals surface area contributed by atoms with Gasteiger partial charge in [-0.15, -0.1) is 0 Å². The largest absolute Gasteiger partial charge is 0.264 e. The predicted molar refractivity (Wildman–Crippen MR) is 92.8 cm³/mol. The van der Waals surface area contributed by atoms with E-state index in [0.717, 1.165) is 18.4 Å². The van der Waals surface area contributed by atoms with E-state index in [1.165, 1.54) is 18.5 Å². The quantitative estimate of drug-likeness (QED) is 0.673. The van der Waals surface area contributed by atoms with E-state index >= 15 is 0 Å². The van der Waals surface area contributed by atoms with Gasteiger partial charge in [-0.2, -0.15) is 0 Å². The van der Waals surface area contributed by atoms with Crippen LogP contribution in [0.4, 0.5) is 13.2 Å². The van der Waals surface area contributed by atoms with E-state index in [0.29, 0.717) is 22.3 Å². The summed E-state index contributed by atoms with van der Waals surface area (Å²) in [5, 5.41) is 0. The highest BCUT2D eigenvalue weighted by molar-refractivity contribution is 7.90. The molecule has 0 bridgehead atoms. The van der Waals surface area contributed by atoms with Crippen molar-refractivity contribution >= 4 is 9.84 Å². The van der Waals surface area contributed by atoms with Crippen LogP contribution in [0, 0.1) is 24.4 Å². The number of rotatable bonds is 3. The van der Waals surface area contributed by atoms with Crippen molar-refractivity contribution in [1.82, 2.24) is 4.98 Å². The summed E-state index contributed by atoms with van der Waals surface area (Å²) in [6, 6.07) is 8.03. The Labute approximate surface area is 149 Å². The number of nitrogens with zero attached hydrogens (tertiary/aromatic N) is 1. The van der Waals surface area contributed by atoms with Gasteiger partial charge in [0.1, 0.15) is 22.3 Å². The first kappa shape index (κ1) is 18.1. The molecule has 1 heterocycles. The second-order valence-electron chi connectivity index (χ2n) is 5.93. The van der Waals surface area contributed by atoms with Crippen LogP contribution in [-0.4, -0.2) is 19.7 Å². The Morgan fingerprint density at radius 1 is 0.846 bits per heavy atom. The highest BCUT2D eigenvalue weighted by Crippen LogP contribution is 2.34. The zero-order valence-corrected chi connectivity index (χ0v) is 14.7. The molecule has 7 heteroatoms.